The first-order valence-electron chi connectivity index (χ1n) is 9.41. The summed E-state index contributed by atoms with van der Waals surface area (Å²) in [6, 6.07) is 12.3. The molecule has 1 fully saturated rings. The molecule has 2 N–H and O–H groups in total. The third-order valence-electron chi connectivity index (χ3n) is 4.37. The molecule has 0 saturated carbocycles. The zero-order valence-corrected chi connectivity index (χ0v) is 17.6. The van der Waals surface area contributed by atoms with Gasteiger partial charge in [-0.15, -0.1) is 0 Å². The second-order valence-corrected chi connectivity index (χ2v) is 7.48. The molecule has 1 atom stereocenters. The van der Waals surface area contributed by atoms with Crippen molar-refractivity contribution < 1.29 is 19.1 Å². The van der Waals surface area contributed by atoms with E-state index in [-0.39, 0.29) is 12.7 Å². The lowest BCUT2D eigenvalue weighted by molar-refractivity contribution is -0.139. The number of carbonyl (C=O) groups excluding carboxylic acids is 2. The summed E-state index contributed by atoms with van der Waals surface area (Å²) in [6.07, 6.45) is 3.23. The fourth-order valence-corrected chi connectivity index (χ4v) is 3.26. The lowest BCUT2D eigenvalue weighted by Crippen LogP contribution is -2.41. The van der Waals surface area contributed by atoms with Gasteiger partial charge in [0.05, 0.1) is 12.3 Å². The number of carbonyl (C=O) groups is 2. The van der Waals surface area contributed by atoms with E-state index in [9.17, 15) is 9.59 Å². The number of rotatable bonds is 7. The number of nitrogens with one attached hydrogen (secondary N) is 2. The molecule has 2 aromatic rings. The molecule has 0 aliphatic carbocycles. The average Bonchev–Trinajstić information content (AvgIpc) is 3.25. The topological polar surface area (TPSA) is 89.0 Å². The van der Waals surface area contributed by atoms with Crippen molar-refractivity contribution in [3.05, 3.63) is 63.6 Å². The quantitative estimate of drug-likeness (QED) is 0.385. The predicted octanol–water partition coefficient (Wildman–Crippen LogP) is 3.32. The van der Waals surface area contributed by atoms with E-state index < -0.39 is 11.8 Å². The highest BCUT2D eigenvalue weighted by atomic mass is 35.5. The molecular weight excluding hydrogens is 429 g/mol. The van der Waals surface area contributed by atoms with Gasteiger partial charge in [0.1, 0.15) is 12.4 Å². The van der Waals surface area contributed by atoms with Crippen molar-refractivity contribution in [3.8, 4) is 5.75 Å². The normalized spacial score (nSPS) is 15.9. The summed E-state index contributed by atoms with van der Waals surface area (Å²) in [5.41, 5.74) is 3.70. The highest BCUT2D eigenvalue weighted by molar-refractivity contribution is 6.35. The van der Waals surface area contributed by atoms with Crippen LogP contribution in [0.15, 0.2) is 47.6 Å². The van der Waals surface area contributed by atoms with Crippen molar-refractivity contribution in [3.63, 3.8) is 0 Å². The van der Waals surface area contributed by atoms with Crippen LogP contribution in [0.1, 0.15) is 24.0 Å². The second-order valence-electron chi connectivity index (χ2n) is 6.64. The first-order valence-corrected chi connectivity index (χ1v) is 10.2. The molecule has 3 rings (SSSR count). The molecule has 7 nitrogen and oxygen atoms in total. The van der Waals surface area contributed by atoms with E-state index in [0.29, 0.717) is 34.5 Å². The van der Waals surface area contributed by atoms with Gasteiger partial charge in [0.15, 0.2) is 0 Å². The summed E-state index contributed by atoms with van der Waals surface area (Å²) in [7, 11) is 0. The molecule has 1 saturated heterocycles. The predicted molar refractivity (Wildman–Crippen MR) is 115 cm³/mol. The number of amides is 2. The first-order chi connectivity index (χ1) is 14.5. The summed E-state index contributed by atoms with van der Waals surface area (Å²) >= 11 is 12.0. The SMILES string of the molecule is O=C(NC[C@@H]1CCCO1)C(=O)N/N=C\c1cccc(OCc2ccc(Cl)cc2Cl)c1. The zero-order valence-electron chi connectivity index (χ0n) is 16.1. The third-order valence-corrected chi connectivity index (χ3v) is 4.95. The van der Waals surface area contributed by atoms with Crippen LogP contribution in [0.2, 0.25) is 10.0 Å². The van der Waals surface area contributed by atoms with E-state index in [2.05, 4.69) is 15.8 Å². The number of hydrogen-bond donors (Lipinski definition) is 2. The van der Waals surface area contributed by atoms with Crippen molar-refractivity contribution in [2.45, 2.75) is 25.6 Å². The number of benzene rings is 2. The fraction of sp³-hybridized carbons (Fsp3) is 0.286. The van der Waals surface area contributed by atoms with Crippen LogP contribution in [0.25, 0.3) is 0 Å². The number of ether oxygens (including phenoxy) is 2. The average molecular weight is 450 g/mol. The minimum absolute atomic E-state index is 0.0317. The van der Waals surface area contributed by atoms with E-state index in [1.165, 1.54) is 6.21 Å². The van der Waals surface area contributed by atoms with Crippen molar-refractivity contribution in [2.24, 2.45) is 5.10 Å². The highest BCUT2D eigenvalue weighted by Crippen LogP contribution is 2.23. The maximum Gasteiger partial charge on any atom is 0.329 e. The summed E-state index contributed by atoms with van der Waals surface area (Å²) < 4.78 is 11.1. The third kappa shape index (κ3) is 6.73. The molecule has 2 amide bonds. The smallest absolute Gasteiger partial charge is 0.329 e. The molecule has 1 heterocycles. The molecule has 0 unspecified atom stereocenters. The number of nitrogens with zero attached hydrogens (tertiary/aromatic N) is 1. The standard InChI is InChI=1S/C21H21Cl2N3O4/c22-16-7-6-15(19(23)10-16)13-30-17-4-1-3-14(9-17)11-25-26-21(28)20(27)24-12-18-5-2-8-29-18/h1,3-4,6-7,9-11,18H,2,5,8,12-13H2,(H,24,27)(H,26,28)/b25-11-/t18-/m0/s1. The maximum atomic E-state index is 11.8. The molecule has 0 radical (unpaired) electrons. The fourth-order valence-electron chi connectivity index (χ4n) is 2.79. The van der Waals surface area contributed by atoms with Gasteiger partial charge in [-0.2, -0.15) is 5.10 Å². The molecule has 0 spiro atoms. The Morgan fingerprint density at radius 1 is 1.20 bits per heavy atom. The Kier molecular flexibility index (Phi) is 8.07. The van der Waals surface area contributed by atoms with Crippen LogP contribution < -0.4 is 15.5 Å². The molecule has 2 aromatic carbocycles. The number of hydrogen-bond acceptors (Lipinski definition) is 5. The minimum atomic E-state index is -0.839. The van der Waals surface area contributed by atoms with Gasteiger partial charge in [-0.25, -0.2) is 5.43 Å². The van der Waals surface area contributed by atoms with Gasteiger partial charge >= 0.3 is 11.8 Å². The Morgan fingerprint density at radius 3 is 2.83 bits per heavy atom. The molecule has 1 aliphatic heterocycles. The lowest BCUT2D eigenvalue weighted by atomic mass is 10.2. The first kappa shape index (κ1) is 22.1. The maximum absolute atomic E-state index is 11.8. The van der Waals surface area contributed by atoms with Crippen LogP contribution in [-0.4, -0.2) is 37.3 Å². The lowest BCUT2D eigenvalue weighted by Gasteiger charge is -2.09. The van der Waals surface area contributed by atoms with Crippen LogP contribution in [0, 0.1) is 0 Å². The van der Waals surface area contributed by atoms with Crippen LogP contribution in [-0.2, 0) is 20.9 Å². The number of hydrazone groups is 1. The van der Waals surface area contributed by atoms with E-state index in [4.69, 9.17) is 32.7 Å². The monoisotopic (exact) mass is 449 g/mol. The van der Waals surface area contributed by atoms with Gasteiger partial charge in [0, 0.05) is 28.8 Å². The summed E-state index contributed by atoms with van der Waals surface area (Å²) in [5.74, 6) is -0.987. The van der Waals surface area contributed by atoms with Gasteiger partial charge in [-0.1, -0.05) is 41.4 Å². The Balaban J connectivity index is 1.47. The van der Waals surface area contributed by atoms with Crippen molar-refractivity contribution >= 4 is 41.2 Å². The van der Waals surface area contributed by atoms with E-state index in [1.807, 2.05) is 0 Å². The highest BCUT2D eigenvalue weighted by Gasteiger charge is 2.18. The van der Waals surface area contributed by atoms with Gasteiger partial charge in [0.25, 0.3) is 0 Å². The van der Waals surface area contributed by atoms with Crippen LogP contribution in [0.4, 0.5) is 0 Å². The molecule has 1 aliphatic rings. The Bertz CT molecular complexity index is 930. The zero-order chi connectivity index (χ0) is 21.3. The summed E-state index contributed by atoms with van der Waals surface area (Å²) in [6.45, 7) is 1.28. The second kappa shape index (κ2) is 11.0. The molecule has 158 valence electrons. The van der Waals surface area contributed by atoms with Gasteiger partial charge in [-0.3, -0.25) is 9.59 Å². The largest absolute Gasteiger partial charge is 0.489 e. The summed E-state index contributed by atoms with van der Waals surface area (Å²) in [5, 5.41) is 7.44. The molecule has 30 heavy (non-hydrogen) atoms. The Morgan fingerprint density at radius 2 is 2.07 bits per heavy atom. The molecular formula is C21H21Cl2N3O4. The minimum Gasteiger partial charge on any atom is -0.489 e. The molecule has 0 bridgehead atoms. The molecule has 9 heteroatoms. The van der Waals surface area contributed by atoms with Crippen molar-refractivity contribution in [2.75, 3.05) is 13.2 Å². The Labute approximate surface area is 184 Å². The van der Waals surface area contributed by atoms with Crippen LogP contribution in [0.5, 0.6) is 5.75 Å². The Hall–Kier alpha value is -2.61. The van der Waals surface area contributed by atoms with Gasteiger partial charge in [0.2, 0.25) is 0 Å². The van der Waals surface area contributed by atoms with Crippen LogP contribution >= 0.6 is 23.2 Å². The van der Waals surface area contributed by atoms with Crippen molar-refractivity contribution in [1.29, 1.82) is 0 Å². The van der Waals surface area contributed by atoms with E-state index in [0.717, 1.165) is 18.4 Å². The van der Waals surface area contributed by atoms with Crippen molar-refractivity contribution in [1.82, 2.24) is 10.7 Å². The van der Waals surface area contributed by atoms with Gasteiger partial charge in [-0.05, 0) is 42.7 Å². The van der Waals surface area contributed by atoms with E-state index in [1.54, 1.807) is 42.5 Å². The van der Waals surface area contributed by atoms with E-state index >= 15 is 0 Å². The van der Waals surface area contributed by atoms with Gasteiger partial charge < -0.3 is 14.8 Å². The number of halogens is 2. The molecule has 0 aromatic heterocycles. The van der Waals surface area contributed by atoms with Crippen LogP contribution in [0.3, 0.4) is 0 Å². The summed E-state index contributed by atoms with van der Waals surface area (Å²) in [4.78, 5) is 23.6.